The van der Waals surface area contributed by atoms with Crippen LogP contribution in [0.25, 0.3) is 10.9 Å². The van der Waals surface area contributed by atoms with Gasteiger partial charge in [0.15, 0.2) is 0 Å². The van der Waals surface area contributed by atoms with Gasteiger partial charge in [-0.25, -0.2) is 4.98 Å². The van der Waals surface area contributed by atoms with Crippen LogP contribution in [0.15, 0.2) is 18.2 Å². The Balaban J connectivity index is 1.62. The van der Waals surface area contributed by atoms with Crippen molar-refractivity contribution in [2.24, 2.45) is 5.41 Å². The Kier molecular flexibility index (Phi) is 5.04. The molecule has 2 aromatic rings. The standard InChI is InChI=1S/C23H31N3O2/c1-16-6-7-19-17(2)14-20(24-21(19)18(16)3)26-11-9-23(15-26)8-5-10-25(22(23)27)12-13-28-4/h6-7,14H,5,8-13,15H2,1-4H3. The SMILES string of the molecule is COCCN1CCCC2(CCN(c3cc(C)c4ccc(C)c(C)c4n3)C2)C1=O. The Hall–Kier alpha value is -2.14. The third-order valence-corrected chi connectivity index (χ3v) is 6.77. The van der Waals surface area contributed by atoms with Gasteiger partial charge < -0.3 is 14.5 Å². The fraction of sp³-hybridized carbons (Fsp3) is 0.565. The number of hydrogen-bond donors (Lipinski definition) is 0. The number of hydrogen-bond acceptors (Lipinski definition) is 4. The maximum Gasteiger partial charge on any atom is 0.230 e. The van der Waals surface area contributed by atoms with E-state index in [2.05, 4.69) is 43.9 Å². The minimum atomic E-state index is -0.252. The van der Waals surface area contributed by atoms with E-state index in [0.29, 0.717) is 19.1 Å². The van der Waals surface area contributed by atoms with E-state index in [4.69, 9.17) is 9.72 Å². The van der Waals surface area contributed by atoms with Crippen LogP contribution in [0.4, 0.5) is 5.82 Å². The number of fused-ring (bicyclic) bond motifs is 1. The lowest BCUT2D eigenvalue weighted by atomic mass is 9.78. The molecule has 28 heavy (non-hydrogen) atoms. The fourth-order valence-electron chi connectivity index (χ4n) is 4.86. The number of piperidine rings is 1. The molecule has 2 aliphatic rings. The average Bonchev–Trinajstić information content (AvgIpc) is 3.11. The first-order chi connectivity index (χ1) is 13.4. The molecule has 2 aliphatic heterocycles. The van der Waals surface area contributed by atoms with Crippen LogP contribution in [-0.4, -0.2) is 55.7 Å². The predicted octanol–water partition coefficient (Wildman–Crippen LogP) is 3.63. The summed E-state index contributed by atoms with van der Waals surface area (Å²) in [6.45, 7) is 10.3. The predicted molar refractivity (Wildman–Crippen MR) is 113 cm³/mol. The molecule has 5 nitrogen and oxygen atoms in total. The smallest absolute Gasteiger partial charge is 0.230 e. The molecule has 1 aromatic carbocycles. The van der Waals surface area contributed by atoms with E-state index in [1.165, 1.54) is 22.1 Å². The van der Waals surface area contributed by atoms with Gasteiger partial charge in [0.05, 0.1) is 17.5 Å². The highest BCUT2D eigenvalue weighted by molar-refractivity contribution is 5.88. The largest absolute Gasteiger partial charge is 0.383 e. The molecular weight excluding hydrogens is 350 g/mol. The van der Waals surface area contributed by atoms with Gasteiger partial charge in [-0.3, -0.25) is 4.79 Å². The number of carbonyl (C=O) groups excluding carboxylic acids is 1. The van der Waals surface area contributed by atoms with E-state index < -0.39 is 0 Å². The number of aromatic nitrogens is 1. The number of amides is 1. The molecule has 0 aliphatic carbocycles. The van der Waals surface area contributed by atoms with Crippen molar-refractivity contribution in [1.29, 1.82) is 0 Å². The third-order valence-electron chi connectivity index (χ3n) is 6.77. The highest BCUT2D eigenvalue weighted by Crippen LogP contribution is 2.41. The number of ether oxygens (including phenoxy) is 1. The van der Waals surface area contributed by atoms with Gasteiger partial charge in [0.25, 0.3) is 0 Å². The van der Waals surface area contributed by atoms with Crippen molar-refractivity contribution < 1.29 is 9.53 Å². The average molecular weight is 382 g/mol. The van der Waals surface area contributed by atoms with Crippen LogP contribution in [0.1, 0.15) is 36.0 Å². The zero-order chi connectivity index (χ0) is 19.9. The molecule has 5 heteroatoms. The lowest BCUT2D eigenvalue weighted by molar-refractivity contribution is -0.145. The molecular formula is C23H31N3O2. The summed E-state index contributed by atoms with van der Waals surface area (Å²) in [5.74, 6) is 1.32. The van der Waals surface area contributed by atoms with E-state index in [1.807, 2.05) is 4.90 Å². The van der Waals surface area contributed by atoms with Crippen LogP contribution >= 0.6 is 0 Å². The molecule has 150 valence electrons. The first kappa shape index (κ1) is 19.2. The van der Waals surface area contributed by atoms with E-state index >= 15 is 0 Å². The molecule has 2 saturated heterocycles. The van der Waals surface area contributed by atoms with E-state index in [0.717, 1.165) is 50.2 Å². The lowest BCUT2D eigenvalue weighted by Crippen LogP contribution is -2.51. The summed E-state index contributed by atoms with van der Waals surface area (Å²) in [5, 5.41) is 1.22. The van der Waals surface area contributed by atoms with Crippen LogP contribution in [0.3, 0.4) is 0 Å². The second-order valence-corrected chi connectivity index (χ2v) is 8.54. The van der Waals surface area contributed by atoms with Crippen molar-refractivity contribution in [2.45, 2.75) is 40.0 Å². The Bertz CT molecular complexity index is 910. The van der Waals surface area contributed by atoms with Crippen molar-refractivity contribution in [3.8, 4) is 0 Å². The first-order valence-corrected chi connectivity index (χ1v) is 10.4. The van der Waals surface area contributed by atoms with Gasteiger partial charge in [0, 0.05) is 38.7 Å². The van der Waals surface area contributed by atoms with Crippen molar-refractivity contribution >= 4 is 22.6 Å². The molecule has 0 saturated carbocycles. The summed E-state index contributed by atoms with van der Waals surface area (Å²) in [4.78, 5) is 22.6. The fourth-order valence-corrected chi connectivity index (χ4v) is 4.86. The first-order valence-electron chi connectivity index (χ1n) is 10.4. The van der Waals surface area contributed by atoms with Gasteiger partial charge in [-0.15, -0.1) is 0 Å². The second-order valence-electron chi connectivity index (χ2n) is 8.54. The highest BCUT2D eigenvalue weighted by atomic mass is 16.5. The summed E-state index contributed by atoms with van der Waals surface area (Å²) in [5.41, 5.74) is 4.60. The van der Waals surface area contributed by atoms with Crippen molar-refractivity contribution in [2.75, 3.05) is 44.8 Å². The minimum Gasteiger partial charge on any atom is -0.383 e. The summed E-state index contributed by atoms with van der Waals surface area (Å²) in [6, 6.07) is 6.53. The van der Waals surface area contributed by atoms with Gasteiger partial charge >= 0.3 is 0 Å². The second kappa shape index (κ2) is 7.36. The van der Waals surface area contributed by atoms with Crippen molar-refractivity contribution in [3.63, 3.8) is 0 Å². The normalized spacial score (nSPS) is 22.6. The van der Waals surface area contributed by atoms with E-state index in [1.54, 1.807) is 7.11 Å². The third kappa shape index (κ3) is 3.16. The molecule has 2 fully saturated rings. The maximum absolute atomic E-state index is 13.2. The Morgan fingerprint density at radius 3 is 2.75 bits per heavy atom. The summed E-state index contributed by atoms with van der Waals surface area (Å²) < 4.78 is 5.19. The molecule has 1 atom stereocenters. The Morgan fingerprint density at radius 2 is 1.96 bits per heavy atom. The number of likely N-dealkylation sites (tertiary alicyclic amines) is 1. The number of rotatable bonds is 4. The minimum absolute atomic E-state index is 0.252. The molecule has 1 amide bonds. The van der Waals surface area contributed by atoms with E-state index in [9.17, 15) is 4.79 Å². The van der Waals surface area contributed by atoms with Gasteiger partial charge in [0.1, 0.15) is 5.82 Å². The van der Waals surface area contributed by atoms with E-state index in [-0.39, 0.29) is 5.41 Å². The number of aryl methyl sites for hydroxylation is 3. The zero-order valence-corrected chi connectivity index (χ0v) is 17.5. The lowest BCUT2D eigenvalue weighted by Gasteiger charge is -2.39. The van der Waals surface area contributed by atoms with Crippen LogP contribution in [0.2, 0.25) is 0 Å². The van der Waals surface area contributed by atoms with Gasteiger partial charge in [-0.05, 0) is 62.8 Å². The van der Waals surface area contributed by atoms with Crippen molar-refractivity contribution in [3.05, 3.63) is 34.9 Å². The van der Waals surface area contributed by atoms with Crippen LogP contribution in [-0.2, 0) is 9.53 Å². The van der Waals surface area contributed by atoms with Crippen LogP contribution in [0, 0.1) is 26.2 Å². The van der Waals surface area contributed by atoms with Gasteiger partial charge in [-0.1, -0.05) is 12.1 Å². The summed E-state index contributed by atoms with van der Waals surface area (Å²) >= 11 is 0. The molecule has 0 bridgehead atoms. The molecule has 1 unspecified atom stereocenters. The monoisotopic (exact) mass is 381 g/mol. The topological polar surface area (TPSA) is 45.7 Å². The molecule has 4 rings (SSSR count). The number of anilines is 1. The maximum atomic E-state index is 13.2. The number of pyridine rings is 1. The number of benzene rings is 1. The molecule has 3 heterocycles. The molecule has 0 N–H and O–H groups in total. The van der Waals surface area contributed by atoms with Crippen LogP contribution < -0.4 is 4.90 Å². The van der Waals surface area contributed by atoms with Gasteiger partial charge in [-0.2, -0.15) is 0 Å². The molecule has 1 spiro atoms. The number of carbonyl (C=O) groups is 1. The quantitative estimate of drug-likeness (QED) is 0.811. The van der Waals surface area contributed by atoms with Crippen molar-refractivity contribution in [1.82, 2.24) is 9.88 Å². The van der Waals surface area contributed by atoms with Crippen LogP contribution in [0.5, 0.6) is 0 Å². The summed E-state index contributed by atoms with van der Waals surface area (Å²) in [6.07, 6.45) is 2.98. The number of methoxy groups -OCH3 is 1. The number of nitrogens with zero attached hydrogens (tertiary/aromatic N) is 3. The Morgan fingerprint density at radius 1 is 1.14 bits per heavy atom. The Labute approximate surface area is 167 Å². The van der Waals surface area contributed by atoms with Gasteiger partial charge in [0.2, 0.25) is 5.91 Å². The zero-order valence-electron chi connectivity index (χ0n) is 17.5. The summed E-state index contributed by atoms with van der Waals surface area (Å²) in [7, 11) is 1.69. The highest BCUT2D eigenvalue weighted by Gasteiger charge is 2.48. The molecule has 1 aromatic heterocycles. The molecule has 0 radical (unpaired) electrons.